The van der Waals surface area contributed by atoms with Gasteiger partial charge in [-0.2, -0.15) is 0 Å². The maximum atomic E-state index is 12.3. The molecule has 110 valence electrons. The van der Waals surface area contributed by atoms with Gasteiger partial charge in [0.15, 0.2) is 0 Å². The highest BCUT2D eigenvalue weighted by atomic mass is 79.9. The molecule has 0 aromatic heterocycles. The van der Waals surface area contributed by atoms with Crippen LogP contribution < -0.4 is 5.01 Å². The molecule has 1 aromatic carbocycles. The molecule has 0 atom stereocenters. The molecule has 20 heavy (non-hydrogen) atoms. The van der Waals surface area contributed by atoms with E-state index in [1.54, 1.807) is 5.01 Å². The van der Waals surface area contributed by atoms with Crippen LogP contribution in [0.3, 0.4) is 0 Å². The summed E-state index contributed by atoms with van der Waals surface area (Å²) in [5.41, 5.74) is 0.373. The predicted molar refractivity (Wildman–Crippen MR) is 84.1 cm³/mol. The van der Waals surface area contributed by atoms with Gasteiger partial charge in [0.1, 0.15) is 5.60 Å². The van der Waals surface area contributed by atoms with Gasteiger partial charge in [-0.15, -0.1) is 0 Å². The third-order valence-corrected chi connectivity index (χ3v) is 4.22. The fourth-order valence-corrected chi connectivity index (χ4v) is 2.70. The van der Waals surface area contributed by atoms with Crippen molar-refractivity contribution in [1.29, 1.82) is 0 Å². The molecule has 1 amide bonds. The molecule has 0 saturated carbocycles. The van der Waals surface area contributed by atoms with Gasteiger partial charge in [0.25, 0.3) is 0 Å². The summed E-state index contributed by atoms with van der Waals surface area (Å²) in [5.74, 6) is 0. The normalized spacial score (nSPS) is 15.7. The van der Waals surface area contributed by atoms with Gasteiger partial charge >= 0.3 is 6.09 Å². The molecule has 1 saturated heterocycles. The Kier molecular flexibility index (Phi) is 4.49. The number of hydrazine groups is 1. The van der Waals surface area contributed by atoms with Crippen molar-refractivity contribution < 1.29 is 9.53 Å². The van der Waals surface area contributed by atoms with Crippen molar-refractivity contribution >= 4 is 39.3 Å². The molecule has 0 spiro atoms. The Balaban J connectivity index is 2.23. The van der Waals surface area contributed by atoms with Crippen LogP contribution in [0.25, 0.3) is 0 Å². The number of benzene rings is 1. The van der Waals surface area contributed by atoms with Gasteiger partial charge in [-0.25, -0.2) is 9.80 Å². The number of ether oxygens (including phenoxy) is 1. The highest BCUT2D eigenvalue weighted by Gasteiger charge is 2.32. The van der Waals surface area contributed by atoms with Crippen LogP contribution in [0.15, 0.2) is 22.7 Å². The minimum Gasteiger partial charge on any atom is -0.442 e. The topological polar surface area (TPSA) is 32.8 Å². The SMILES string of the molecule is CC(C)(C)OC(=O)N1CCCN1c1cccc(Cl)c1Br. The zero-order valence-electron chi connectivity index (χ0n) is 11.8. The van der Waals surface area contributed by atoms with Crippen LogP contribution in [0.4, 0.5) is 10.5 Å². The third kappa shape index (κ3) is 3.38. The Hall–Kier alpha value is -0.940. The molecule has 0 bridgehead atoms. The van der Waals surface area contributed by atoms with Gasteiger partial charge in [0.05, 0.1) is 15.2 Å². The third-order valence-electron chi connectivity index (χ3n) is 2.84. The van der Waals surface area contributed by atoms with E-state index < -0.39 is 5.60 Å². The molecule has 1 aromatic rings. The van der Waals surface area contributed by atoms with Gasteiger partial charge in [0, 0.05) is 13.1 Å². The number of halogens is 2. The van der Waals surface area contributed by atoms with E-state index in [9.17, 15) is 4.79 Å². The Bertz CT molecular complexity index is 516. The zero-order chi connectivity index (χ0) is 14.9. The van der Waals surface area contributed by atoms with Gasteiger partial charge in [-0.05, 0) is 55.3 Å². The van der Waals surface area contributed by atoms with Gasteiger partial charge in [0.2, 0.25) is 0 Å². The lowest BCUT2D eigenvalue weighted by Gasteiger charge is -2.32. The van der Waals surface area contributed by atoms with E-state index in [4.69, 9.17) is 16.3 Å². The van der Waals surface area contributed by atoms with Crippen LogP contribution in [0, 0.1) is 0 Å². The van der Waals surface area contributed by atoms with Gasteiger partial charge in [-0.1, -0.05) is 17.7 Å². The van der Waals surface area contributed by atoms with Crippen molar-refractivity contribution in [2.75, 3.05) is 18.1 Å². The first-order valence-corrected chi connectivity index (χ1v) is 7.68. The second-order valence-electron chi connectivity index (χ2n) is 5.65. The number of hydrogen-bond donors (Lipinski definition) is 0. The fourth-order valence-electron chi connectivity index (χ4n) is 2.06. The molecular formula is C14H18BrClN2O2. The summed E-state index contributed by atoms with van der Waals surface area (Å²) in [7, 11) is 0. The molecule has 0 aliphatic carbocycles. The summed E-state index contributed by atoms with van der Waals surface area (Å²) in [6.07, 6.45) is 0.569. The number of amides is 1. The lowest BCUT2D eigenvalue weighted by atomic mass is 10.2. The standard InChI is InChI=1S/C14H18BrClN2O2/c1-14(2,3)20-13(19)18-9-5-8-17(18)11-7-4-6-10(16)12(11)15/h4,6-7H,5,8-9H2,1-3H3. The smallest absolute Gasteiger partial charge is 0.429 e. The first kappa shape index (κ1) is 15.4. The van der Waals surface area contributed by atoms with Gasteiger partial charge < -0.3 is 4.74 Å². The summed E-state index contributed by atoms with van der Waals surface area (Å²) in [6, 6.07) is 5.61. The minimum atomic E-state index is -0.503. The van der Waals surface area contributed by atoms with E-state index >= 15 is 0 Å². The first-order chi connectivity index (χ1) is 9.29. The molecular weight excluding hydrogens is 344 g/mol. The number of carbonyl (C=O) groups excluding carboxylic acids is 1. The lowest BCUT2D eigenvalue weighted by molar-refractivity contribution is 0.0274. The summed E-state index contributed by atoms with van der Waals surface area (Å²) in [6.45, 7) is 6.99. The first-order valence-electron chi connectivity index (χ1n) is 6.51. The lowest BCUT2D eigenvalue weighted by Crippen LogP contribution is -2.44. The molecule has 1 fully saturated rings. The fraction of sp³-hybridized carbons (Fsp3) is 0.500. The molecule has 6 heteroatoms. The van der Waals surface area contributed by atoms with Crippen molar-refractivity contribution in [3.05, 3.63) is 27.7 Å². The predicted octanol–water partition coefficient (Wildman–Crippen LogP) is 4.46. The summed E-state index contributed by atoms with van der Waals surface area (Å²) in [4.78, 5) is 12.3. The van der Waals surface area contributed by atoms with Crippen LogP contribution in [-0.2, 0) is 4.74 Å². The van der Waals surface area contributed by atoms with Crippen molar-refractivity contribution in [1.82, 2.24) is 5.01 Å². The number of carbonyl (C=O) groups is 1. The molecule has 1 heterocycles. The second-order valence-corrected chi connectivity index (χ2v) is 6.85. The van der Waals surface area contributed by atoms with Crippen LogP contribution in [-0.4, -0.2) is 29.8 Å². The monoisotopic (exact) mass is 360 g/mol. The van der Waals surface area contributed by atoms with E-state index in [2.05, 4.69) is 15.9 Å². The molecule has 0 radical (unpaired) electrons. The highest BCUT2D eigenvalue weighted by molar-refractivity contribution is 9.10. The highest BCUT2D eigenvalue weighted by Crippen LogP contribution is 2.35. The zero-order valence-corrected chi connectivity index (χ0v) is 14.2. The summed E-state index contributed by atoms with van der Waals surface area (Å²) >= 11 is 9.59. The number of anilines is 1. The van der Waals surface area contributed by atoms with Crippen molar-refractivity contribution in [3.8, 4) is 0 Å². The Morgan fingerprint density at radius 3 is 2.70 bits per heavy atom. The second kappa shape index (κ2) is 5.82. The maximum Gasteiger partial charge on any atom is 0.429 e. The van der Waals surface area contributed by atoms with Crippen LogP contribution in [0.1, 0.15) is 27.2 Å². The van der Waals surface area contributed by atoms with Crippen molar-refractivity contribution in [3.63, 3.8) is 0 Å². The maximum absolute atomic E-state index is 12.3. The number of rotatable bonds is 1. The van der Waals surface area contributed by atoms with Gasteiger partial charge in [-0.3, -0.25) is 5.01 Å². The number of nitrogens with zero attached hydrogens (tertiary/aromatic N) is 2. The average molecular weight is 362 g/mol. The molecule has 4 nitrogen and oxygen atoms in total. The largest absolute Gasteiger partial charge is 0.442 e. The summed E-state index contributed by atoms with van der Waals surface area (Å²) < 4.78 is 6.23. The van der Waals surface area contributed by atoms with E-state index in [1.165, 1.54) is 0 Å². The minimum absolute atomic E-state index is 0.332. The van der Waals surface area contributed by atoms with E-state index in [1.807, 2.05) is 44.0 Å². The molecule has 1 aliphatic heterocycles. The Morgan fingerprint density at radius 2 is 2.05 bits per heavy atom. The molecule has 0 unspecified atom stereocenters. The van der Waals surface area contributed by atoms with E-state index in [0.29, 0.717) is 11.6 Å². The Morgan fingerprint density at radius 1 is 1.35 bits per heavy atom. The van der Waals surface area contributed by atoms with Crippen LogP contribution in [0.5, 0.6) is 0 Å². The molecule has 1 aliphatic rings. The van der Waals surface area contributed by atoms with E-state index in [0.717, 1.165) is 23.1 Å². The number of hydrogen-bond acceptors (Lipinski definition) is 3. The molecule has 2 rings (SSSR count). The van der Waals surface area contributed by atoms with Crippen molar-refractivity contribution in [2.45, 2.75) is 32.8 Å². The van der Waals surface area contributed by atoms with Crippen LogP contribution >= 0.6 is 27.5 Å². The molecule has 0 N–H and O–H groups in total. The van der Waals surface area contributed by atoms with Crippen molar-refractivity contribution in [2.24, 2.45) is 0 Å². The summed E-state index contributed by atoms with van der Waals surface area (Å²) in [5, 5.41) is 4.16. The van der Waals surface area contributed by atoms with E-state index in [-0.39, 0.29) is 6.09 Å². The average Bonchev–Trinajstić information content (AvgIpc) is 2.79. The Labute approximate surface area is 132 Å². The quantitative estimate of drug-likeness (QED) is 0.740. The van der Waals surface area contributed by atoms with Crippen LogP contribution in [0.2, 0.25) is 5.02 Å².